The van der Waals surface area contributed by atoms with Crippen molar-refractivity contribution in [1.82, 2.24) is 19.4 Å². The van der Waals surface area contributed by atoms with Crippen molar-refractivity contribution in [2.45, 2.75) is 116 Å². The molecule has 0 bridgehead atoms. The number of sulfonamides is 2. The number of hydrogen-bond acceptors (Lipinski definition) is 15. The maximum absolute atomic E-state index is 13.3. The van der Waals surface area contributed by atoms with Gasteiger partial charge in [-0.3, -0.25) is 14.9 Å². The Morgan fingerprint density at radius 2 is 0.945 bits per heavy atom. The van der Waals surface area contributed by atoms with Gasteiger partial charge in [-0.15, -0.1) is 22.7 Å². The van der Waals surface area contributed by atoms with Gasteiger partial charge >= 0.3 is 11.5 Å². The molecule has 18 nitrogen and oxygen atoms in total. The fraction of sp³-hybridized carbons (Fsp3) is 0.320. The van der Waals surface area contributed by atoms with Gasteiger partial charge < -0.3 is 25.8 Å². The average Bonchev–Trinajstić information content (AvgIpc) is 3.94. The smallest absolute Gasteiger partial charge is 0.411 e. The number of nitrogens with two attached hydrogens (primary N) is 1. The third kappa shape index (κ3) is 19.3. The molecule has 0 radical (unpaired) electrons. The van der Waals surface area contributed by atoms with Crippen LogP contribution < -0.4 is 31.1 Å². The summed E-state index contributed by atoms with van der Waals surface area (Å²) >= 11 is 7.53. The van der Waals surface area contributed by atoms with E-state index in [1.807, 2.05) is 24.3 Å². The summed E-state index contributed by atoms with van der Waals surface area (Å²) in [6.07, 6.45) is 2.41. The van der Waals surface area contributed by atoms with Gasteiger partial charge in [0.1, 0.15) is 10.0 Å². The predicted molar refractivity (Wildman–Crippen MR) is 292 cm³/mol. The maximum Gasteiger partial charge on any atom is 0.411 e. The first-order valence-electron chi connectivity index (χ1n) is 22.4. The van der Waals surface area contributed by atoms with Crippen molar-refractivity contribution in [3.63, 3.8) is 0 Å². The summed E-state index contributed by atoms with van der Waals surface area (Å²) in [5, 5.41) is 9.37. The lowest BCUT2D eigenvalue weighted by molar-refractivity contribution is -0.115. The summed E-state index contributed by atoms with van der Waals surface area (Å²) in [4.78, 5) is 55.0. The number of halogens is 1. The second kappa shape index (κ2) is 25.1. The molecule has 0 saturated heterocycles. The number of nitrogen functional groups attached to an aromatic ring is 1. The van der Waals surface area contributed by atoms with Gasteiger partial charge in [0.15, 0.2) is 0 Å². The lowest BCUT2D eigenvalue weighted by atomic mass is 10.1. The number of nitrogens with zero attached hydrogens (tertiary/aromatic N) is 2. The van der Waals surface area contributed by atoms with Gasteiger partial charge in [-0.05, 0) is 142 Å². The van der Waals surface area contributed by atoms with Crippen LogP contribution in [0.15, 0.2) is 107 Å². The number of carbonyl (C=O) groups excluding carboxylic acids is 4. The molecule has 23 heteroatoms. The molecule has 7 N–H and O–H groups in total. The highest BCUT2D eigenvalue weighted by Crippen LogP contribution is 2.39. The Balaban J connectivity index is 0.000000283. The number of carbonyl (C=O) groups is 4. The molecular weight excluding hydrogens is 1040 g/mol. The van der Waals surface area contributed by atoms with Crippen LogP contribution in [0.2, 0.25) is 0 Å². The molecule has 0 unspecified atom stereocenters. The monoisotopic (exact) mass is 1100 g/mol. The lowest BCUT2D eigenvalue weighted by Gasteiger charge is -2.22. The number of ether oxygens (including phenoxy) is 2. The Bertz CT molecular complexity index is 3130. The normalized spacial score (nSPS) is 11.7. The molecule has 0 fully saturated rings. The topological polar surface area (TPSA) is 267 Å². The van der Waals surface area contributed by atoms with E-state index in [4.69, 9.17) is 22.1 Å². The molecule has 2 aromatic heterocycles. The summed E-state index contributed by atoms with van der Waals surface area (Å²) < 4.78 is 67.6. The van der Waals surface area contributed by atoms with Crippen LogP contribution in [0.5, 0.6) is 0 Å². The third-order valence-electron chi connectivity index (χ3n) is 8.81. The summed E-state index contributed by atoms with van der Waals surface area (Å²) in [5.41, 5.74) is 8.36. The van der Waals surface area contributed by atoms with E-state index >= 15 is 0 Å². The highest BCUT2D eigenvalue weighted by atomic mass is 35.5. The SMILES string of the molecule is CC(=O)Nc1ccc(-c2cnc(-c3ccc(N)cc3)s2)c(S(=O)(=O)NC(C)(C)C)c1.CC(=O)Nc1ccc(-c2cnc(-c3ccc(NC(=O)OC(C)C)cc3)s2)c(S(=O)(=O)NC(C)(C)C)c1.CC(C)OC(=O)Cl. The molecule has 0 atom stereocenters. The fourth-order valence-corrected chi connectivity index (χ4v) is 11.9. The molecule has 6 aromatic rings. The van der Waals surface area contributed by atoms with Crippen LogP contribution in [-0.4, -0.2) is 73.4 Å². The molecular formula is C50H61ClN8O10S4. The summed E-state index contributed by atoms with van der Waals surface area (Å²) in [7, 11) is -7.77. The van der Waals surface area contributed by atoms with Crippen LogP contribution in [0.3, 0.4) is 0 Å². The van der Waals surface area contributed by atoms with E-state index in [0.717, 1.165) is 16.1 Å². The second-order valence-corrected chi connectivity index (χ2v) is 24.4. The largest absolute Gasteiger partial charge is 0.451 e. The molecule has 0 aliphatic rings. The zero-order valence-electron chi connectivity index (χ0n) is 42.5. The molecule has 3 amide bonds. The van der Waals surface area contributed by atoms with Crippen molar-refractivity contribution in [1.29, 1.82) is 0 Å². The van der Waals surface area contributed by atoms with Crippen molar-refractivity contribution in [3.8, 4) is 42.0 Å². The minimum atomic E-state index is -3.91. The molecule has 0 saturated carbocycles. The van der Waals surface area contributed by atoms with Crippen molar-refractivity contribution < 1.29 is 45.5 Å². The van der Waals surface area contributed by atoms with E-state index in [2.05, 4.69) is 40.1 Å². The zero-order chi connectivity index (χ0) is 54.6. The number of hydrogen-bond donors (Lipinski definition) is 6. The minimum Gasteiger partial charge on any atom is -0.451 e. The van der Waals surface area contributed by atoms with Gasteiger partial charge in [-0.25, -0.2) is 45.8 Å². The Morgan fingerprint density at radius 1 is 0.575 bits per heavy atom. The van der Waals surface area contributed by atoms with Crippen LogP contribution in [0.4, 0.5) is 32.3 Å². The number of amides is 3. The Labute approximate surface area is 440 Å². The van der Waals surface area contributed by atoms with Gasteiger partial charge in [0.05, 0.1) is 31.8 Å². The highest BCUT2D eigenvalue weighted by molar-refractivity contribution is 7.90. The van der Waals surface area contributed by atoms with Crippen molar-refractivity contribution in [2.24, 2.45) is 0 Å². The fourth-order valence-electron chi connectivity index (χ4n) is 6.31. The van der Waals surface area contributed by atoms with Crippen LogP contribution in [0.25, 0.3) is 42.0 Å². The van der Waals surface area contributed by atoms with E-state index < -0.39 is 42.6 Å². The molecule has 0 aliphatic carbocycles. The number of benzene rings is 4. The quantitative estimate of drug-likeness (QED) is 0.0465. The van der Waals surface area contributed by atoms with E-state index in [-0.39, 0.29) is 33.8 Å². The lowest BCUT2D eigenvalue weighted by Crippen LogP contribution is -2.40. The van der Waals surface area contributed by atoms with E-state index in [0.29, 0.717) is 48.6 Å². The molecule has 0 aliphatic heterocycles. The van der Waals surface area contributed by atoms with Gasteiger partial charge in [0.25, 0.3) is 0 Å². The Hall–Kier alpha value is -6.27. The van der Waals surface area contributed by atoms with Crippen molar-refractivity contribution in [3.05, 3.63) is 97.3 Å². The number of thiazole rings is 2. The molecule has 73 heavy (non-hydrogen) atoms. The molecule has 392 valence electrons. The standard InChI is InChI=1S/C25H30N4O5S2.C21H24N4O3S2.C4H7ClO2/c1-15(2)34-24(31)28-18-9-7-17(8-10-18)23-26-14-21(35-23)20-12-11-19(27-16(3)30)13-22(20)36(32,33)29-25(4,5)6;1-13(26)24-16-9-10-17(19(11-16)30(27,28)25-21(2,3)4)18-12-23-20(29-18)14-5-7-15(22)8-6-14;1-3(2)7-4(5)6/h7-15,29H,1-6H3,(H,27,30)(H,28,31);5-12,25H,22H2,1-4H3,(H,24,26);3H,1-2H3. The molecule has 2 heterocycles. The van der Waals surface area contributed by atoms with Crippen LogP contribution >= 0.6 is 34.3 Å². The van der Waals surface area contributed by atoms with Crippen molar-refractivity contribution >= 4 is 100 Å². The number of nitrogens with one attached hydrogen (secondary N) is 5. The summed E-state index contributed by atoms with van der Waals surface area (Å²) in [6.45, 7) is 20.3. The van der Waals surface area contributed by atoms with Crippen LogP contribution in [0, 0.1) is 0 Å². The number of aromatic nitrogens is 2. The van der Waals surface area contributed by atoms with Crippen LogP contribution in [0.1, 0.15) is 83.1 Å². The molecule has 4 aromatic carbocycles. The predicted octanol–water partition coefficient (Wildman–Crippen LogP) is 11.3. The van der Waals surface area contributed by atoms with Crippen molar-refractivity contribution in [2.75, 3.05) is 21.7 Å². The maximum atomic E-state index is 13.3. The highest BCUT2D eigenvalue weighted by Gasteiger charge is 2.28. The van der Waals surface area contributed by atoms with Gasteiger partial charge in [-0.1, -0.05) is 12.1 Å². The molecule has 0 spiro atoms. The number of anilines is 4. The minimum absolute atomic E-state index is 0.0436. The first-order chi connectivity index (χ1) is 33.8. The van der Waals surface area contributed by atoms with Gasteiger partial charge in [-0.2, -0.15) is 0 Å². The van der Waals surface area contributed by atoms with E-state index in [9.17, 15) is 36.0 Å². The summed E-state index contributed by atoms with van der Waals surface area (Å²) in [5.74, 6) is -0.580. The molecule has 6 rings (SSSR count). The Morgan fingerprint density at radius 3 is 1.27 bits per heavy atom. The Kier molecular flexibility index (Phi) is 20.4. The third-order valence-corrected chi connectivity index (χ3v) is 14.7. The zero-order valence-corrected chi connectivity index (χ0v) is 46.5. The van der Waals surface area contributed by atoms with Gasteiger partial charge in [0.2, 0.25) is 31.9 Å². The van der Waals surface area contributed by atoms with Gasteiger partial charge in [0, 0.05) is 93.9 Å². The summed E-state index contributed by atoms with van der Waals surface area (Å²) in [6, 6.07) is 24.0. The first-order valence-corrected chi connectivity index (χ1v) is 27.4. The van der Waals surface area contributed by atoms with E-state index in [1.165, 1.54) is 48.7 Å². The first kappa shape index (κ1) is 59.3. The second-order valence-electron chi connectivity index (χ2n) is 18.7. The average molecular weight is 1100 g/mol. The van der Waals surface area contributed by atoms with Crippen LogP contribution in [-0.2, 0) is 39.1 Å². The number of rotatable bonds is 13. The van der Waals surface area contributed by atoms with E-state index in [1.54, 1.807) is 130 Å².